The highest BCUT2D eigenvalue weighted by molar-refractivity contribution is 4.73. The first kappa shape index (κ1) is 14.0. The van der Waals surface area contributed by atoms with Crippen LogP contribution in [-0.4, -0.2) is 35.7 Å². The Morgan fingerprint density at radius 3 is 2.19 bits per heavy atom. The van der Waals surface area contributed by atoms with Crippen molar-refractivity contribution in [3.8, 4) is 0 Å². The summed E-state index contributed by atoms with van der Waals surface area (Å²) in [4.78, 5) is 2.42. The molecule has 1 rings (SSSR count). The molecule has 0 aromatic carbocycles. The van der Waals surface area contributed by atoms with E-state index in [0.717, 1.165) is 32.0 Å². The minimum absolute atomic E-state index is 0.0961. The molecule has 0 aromatic heterocycles. The van der Waals surface area contributed by atoms with Crippen molar-refractivity contribution in [3.63, 3.8) is 0 Å². The van der Waals surface area contributed by atoms with Crippen LogP contribution in [0.5, 0.6) is 0 Å². The monoisotopic (exact) mass is 227 g/mol. The topological polar surface area (TPSA) is 23.5 Å². The molecule has 2 heteroatoms. The van der Waals surface area contributed by atoms with E-state index in [1.54, 1.807) is 0 Å². The average molecular weight is 227 g/mol. The zero-order valence-electron chi connectivity index (χ0n) is 11.1. The minimum atomic E-state index is -0.0961. The fourth-order valence-electron chi connectivity index (χ4n) is 2.93. The van der Waals surface area contributed by atoms with Gasteiger partial charge in [-0.3, -0.25) is 0 Å². The van der Waals surface area contributed by atoms with E-state index in [2.05, 4.69) is 18.7 Å². The van der Waals surface area contributed by atoms with Crippen LogP contribution >= 0.6 is 0 Å². The van der Waals surface area contributed by atoms with Crippen molar-refractivity contribution < 1.29 is 5.11 Å². The van der Waals surface area contributed by atoms with E-state index in [9.17, 15) is 5.11 Å². The van der Waals surface area contributed by atoms with E-state index >= 15 is 0 Å². The van der Waals surface area contributed by atoms with E-state index in [1.807, 2.05) is 0 Å². The second-order valence-corrected chi connectivity index (χ2v) is 5.34. The molecule has 1 aliphatic rings. The minimum Gasteiger partial charge on any atom is -0.392 e. The van der Waals surface area contributed by atoms with E-state index < -0.39 is 0 Å². The van der Waals surface area contributed by atoms with Crippen LogP contribution in [0.4, 0.5) is 0 Å². The van der Waals surface area contributed by atoms with Crippen LogP contribution in [0.3, 0.4) is 0 Å². The fraction of sp³-hybridized carbons (Fsp3) is 1.00. The lowest BCUT2D eigenvalue weighted by Gasteiger charge is -2.25. The molecule has 1 unspecified atom stereocenters. The summed E-state index contributed by atoms with van der Waals surface area (Å²) in [5.74, 6) is 0.806. The number of aliphatic hydroxyl groups excluding tert-OH is 1. The molecule has 96 valence electrons. The van der Waals surface area contributed by atoms with Gasteiger partial charge in [-0.05, 0) is 38.3 Å². The smallest absolute Gasteiger partial charge is 0.0669 e. The predicted octanol–water partition coefficient (Wildman–Crippen LogP) is 3.05. The number of rotatable bonds is 8. The van der Waals surface area contributed by atoms with Gasteiger partial charge in [0.15, 0.2) is 0 Å². The molecular weight excluding hydrogens is 198 g/mol. The summed E-state index contributed by atoms with van der Waals surface area (Å²) < 4.78 is 0. The van der Waals surface area contributed by atoms with Gasteiger partial charge in [0.05, 0.1) is 6.10 Å². The fourth-order valence-corrected chi connectivity index (χ4v) is 2.93. The molecule has 16 heavy (non-hydrogen) atoms. The van der Waals surface area contributed by atoms with Gasteiger partial charge >= 0.3 is 0 Å². The van der Waals surface area contributed by atoms with Crippen LogP contribution in [0.2, 0.25) is 0 Å². The molecule has 0 aromatic rings. The first-order chi connectivity index (χ1) is 7.76. The van der Waals surface area contributed by atoms with E-state index in [4.69, 9.17) is 0 Å². The SMILES string of the molecule is CCCN(CCC)CC(O)CC1CCCC1. The number of aliphatic hydroxyl groups is 1. The molecule has 2 nitrogen and oxygen atoms in total. The Kier molecular flexibility index (Phi) is 7.06. The van der Waals surface area contributed by atoms with Crippen molar-refractivity contribution in [3.05, 3.63) is 0 Å². The third kappa shape index (κ3) is 5.31. The largest absolute Gasteiger partial charge is 0.392 e. The van der Waals surface area contributed by atoms with Crippen LogP contribution < -0.4 is 0 Å². The average Bonchev–Trinajstić information content (AvgIpc) is 2.71. The van der Waals surface area contributed by atoms with Gasteiger partial charge in [0.1, 0.15) is 0 Å². The van der Waals surface area contributed by atoms with Crippen molar-refractivity contribution in [2.75, 3.05) is 19.6 Å². The van der Waals surface area contributed by atoms with E-state index in [-0.39, 0.29) is 6.10 Å². The van der Waals surface area contributed by atoms with Gasteiger partial charge in [0.2, 0.25) is 0 Å². The van der Waals surface area contributed by atoms with Gasteiger partial charge in [-0.2, -0.15) is 0 Å². The molecule has 0 saturated heterocycles. The van der Waals surface area contributed by atoms with Gasteiger partial charge in [0, 0.05) is 6.54 Å². The lowest BCUT2D eigenvalue weighted by atomic mass is 10.00. The van der Waals surface area contributed by atoms with Crippen LogP contribution in [-0.2, 0) is 0 Å². The Morgan fingerprint density at radius 2 is 1.69 bits per heavy atom. The number of hydrogen-bond acceptors (Lipinski definition) is 2. The maximum absolute atomic E-state index is 10.1. The van der Waals surface area contributed by atoms with Crippen LogP contribution in [0.15, 0.2) is 0 Å². The summed E-state index contributed by atoms with van der Waals surface area (Å²) in [6.45, 7) is 7.58. The molecule has 0 aliphatic heterocycles. The molecule has 0 amide bonds. The second-order valence-electron chi connectivity index (χ2n) is 5.34. The maximum atomic E-state index is 10.1. The zero-order valence-corrected chi connectivity index (χ0v) is 11.1. The first-order valence-electron chi connectivity index (χ1n) is 7.16. The third-order valence-electron chi connectivity index (χ3n) is 3.63. The summed E-state index contributed by atoms with van der Waals surface area (Å²) in [6.07, 6.45) is 8.77. The number of hydrogen-bond donors (Lipinski definition) is 1. The van der Waals surface area contributed by atoms with Gasteiger partial charge in [-0.15, -0.1) is 0 Å². The highest BCUT2D eigenvalue weighted by atomic mass is 16.3. The molecule has 1 fully saturated rings. The molecule has 0 heterocycles. The zero-order chi connectivity index (χ0) is 11.8. The highest BCUT2D eigenvalue weighted by Crippen LogP contribution is 2.28. The Hall–Kier alpha value is -0.0800. The standard InChI is InChI=1S/C14H29NO/c1-3-9-15(10-4-2)12-14(16)11-13-7-5-6-8-13/h13-14,16H,3-12H2,1-2H3. The van der Waals surface area contributed by atoms with Crippen LogP contribution in [0, 0.1) is 5.92 Å². The van der Waals surface area contributed by atoms with Gasteiger partial charge in [0.25, 0.3) is 0 Å². The first-order valence-corrected chi connectivity index (χ1v) is 7.16. The van der Waals surface area contributed by atoms with Crippen molar-refractivity contribution >= 4 is 0 Å². The lowest BCUT2D eigenvalue weighted by molar-refractivity contribution is 0.0910. The van der Waals surface area contributed by atoms with Gasteiger partial charge in [-0.25, -0.2) is 0 Å². The molecule has 1 saturated carbocycles. The second kappa shape index (κ2) is 8.08. The lowest BCUT2D eigenvalue weighted by Crippen LogP contribution is -2.34. The summed E-state index contributed by atoms with van der Waals surface area (Å²) in [6, 6.07) is 0. The van der Waals surface area contributed by atoms with Crippen LogP contribution in [0.1, 0.15) is 58.8 Å². The summed E-state index contributed by atoms with van der Waals surface area (Å²) >= 11 is 0. The van der Waals surface area contributed by atoms with Crippen LogP contribution in [0.25, 0.3) is 0 Å². The Bertz CT molecular complexity index is 160. The number of nitrogens with zero attached hydrogens (tertiary/aromatic N) is 1. The van der Waals surface area contributed by atoms with E-state index in [1.165, 1.54) is 38.5 Å². The summed E-state index contributed by atoms with van der Waals surface area (Å²) in [7, 11) is 0. The Morgan fingerprint density at radius 1 is 1.12 bits per heavy atom. The molecule has 0 radical (unpaired) electrons. The third-order valence-corrected chi connectivity index (χ3v) is 3.63. The molecular formula is C14H29NO. The normalized spacial score (nSPS) is 19.5. The van der Waals surface area contributed by atoms with Crippen molar-refractivity contribution in [1.82, 2.24) is 4.90 Å². The highest BCUT2D eigenvalue weighted by Gasteiger charge is 2.20. The molecule has 1 aliphatic carbocycles. The van der Waals surface area contributed by atoms with Gasteiger partial charge in [-0.1, -0.05) is 39.5 Å². The molecule has 0 spiro atoms. The Balaban J connectivity index is 2.20. The quantitative estimate of drug-likeness (QED) is 0.689. The molecule has 1 atom stereocenters. The van der Waals surface area contributed by atoms with Crippen molar-refractivity contribution in [2.45, 2.75) is 64.9 Å². The molecule has 1 N–H and O–H groups in total. The predicted molar refractivity (Wildman–Crippen MR) is 69.6 cm³/mol. The Labute approximate surface area is 101 Å². The van der Waals surface area contributed by atoms with Crippen molar-refractivity contribution in [2.24, 2.45) is 5.92 Å². The summed E-state index contributed by atoms with van der Waals surface area (Å²) in [5.41, 5.74) is 0. The molecule has 0 bridgehead atoms. The van der Waals surface area contributed by atoms with Crippen molar-refractivity contribution in [1.29, 1.82) is 0 Å². The summed E-state index contributed by atoms with van der Waals surface area (Å²) in [5, 5.41) is 10.1. The van der Waals surface area contributed by atoms with Gasteiger partial charge < -0.3 is 10.0 Å². The maximum Gasteiger partial charge on any atom is 0.0669 e. The van der Waals surface area contributed by atoms with E-state index in [0.29, 0.717) is 0 Å².